The van der Waals surface area contributed by atoms with Crippen molar-refractivity contribution in [1.29, 1.82) is 0 Å². The minimum atomic E-state index is -4.24. The second-order valence-corrected chi connectivity index (χ2v) is 6.07. The normalized spacial score (nSPS) is 12.4. The summed E-state index contributed by atoms with van der Waals surface area (Å²) in [6, 6.07) is 4.01. The van der Waals surface area contributed by atoms with Gasteiger partial charge in [-0.3, -0.25) is 0 Å². The fourth-order valence-corrected chi connectivity index (χ4v) is 2.39. The van der Waals surface area contributed by atoms with E-state index < -0.39 is 22.6 Å². The first-order chi connectivity index (χ1) is 9.07. The van der Waals surface area contributed by atoms with Crippen molar-refractivity contribution in [3.8, 4) is 0 Å². The van der Waals surface area contributed by atoms with E-state index in [9.17, 15) is 21.6 Å². The van der Waals surface area contributed by atoms with Gasteiger partial charge in [-0.1, -0.05) is 0 Å². The molecule has 0 aliphatic rings. The molecule has 0 saturated heterocycles. The predicted molar refractivity (Wildman–Crippen MR) is 71.0 cm³/mol. The van der Waals surface area contributed by atoms with Gasteiger partial charge in [-0.15, -0.1) is 0 Å². The van der Waals surface area contributed by atoms with Gasteiger partial charge in [-0.25, -0.2) is 13.1 Å². The molecule has 114 valence electrons. The Balaban J connectivity index is 2.93. The topological polar surface area (TPSA) is 75.4 Å². The standard InChI is InChI=1S/C11H16F3N3O2S/c1-16-20(18,19)10-4-3-8(7-9(10)15)17(2)6-5-11(12,13)14/h3-4,7,16H,5-6,15H2,1-2H3. The lowest BCUT2D eigenvalue weighted by atomic mass is 10.2. The summed E-state index contributed by atoms with van der Waals surface area (Å²) in [4.78, 5) is 1.26. The molecule has 1 aromatic rings. The minimum Gasteiger partial charge on any atom is -0.398 e. The number of alkyl halides is 3. The van der Waals surface area contributed by atoms with Crippen LogP contribution in [0.3, 0.4) is 0 Å². The minimum absolute atomic E-state index is 0.0179. The number of nitrogens with one attached hydrogen (secondary N) is 1. The summed E-state index contributed by atoms with van der Waals surface area (Å²) in [5.74, 6) is 0. The number of anilines is 2. The molecule has 20 heavy (non-hydrogen) atoms. The Morgan fingerprint density at radius 3 is 2.40 bits per heavy atom. The summed E-state index contributed by atoms with van der Waals surface area (Å²) >= 11 is 0. The number of hydrogen-bond donors (Lipinski definition) is 2. The molecule has 0 heterocycles. The Kier molecular flexibility index (Phi) is 4.87. The summed E-state index contributed by atoms with van der Waals surface area (Å²) in [6.45, 7) is -0.235. The van der Waals surface area contributed by atoms with Crippen molar-refractivity contribution in [3.63, 3.8) is 0 Å². The van der Waals surface area contributed by atoms with Crippen LogP contribution in [0.2, 0.25) is 0 Å². The van der Waals surface area contributed by atoms with Gasteiger partial charge in [0, 0.05) is 19.3 Å². The smallest absolute Gasteiger partial charge is 0.390 e. The number of benzene rings is 1. The molecule has 1 rings (SSSR count). The molecular weight excluding hydrogens is 295 g/mol. The van der Waals surface area contributed by atoms with Crippen LogP contribution in [0.4, 0.5) is 24.5 Å². The molecule has 5 nitrogen and oxygen atoms in total. The first kappa shape index (κ1) is 16.6. The number of hydrogen-bond acceptors (Lipinski definition) is 4. The van der Waals surface area contributed by atoms with Crippen molar-refractivity contribution in [2.24, 2.45) is 0 Å². The molecule has 0 saturated carbocycles. The van der Waals surface area contributed by atoms with E-state index in [2.05, 4.69) is 4.72 Å². The number of nitrogens with zero attached hydrogens (tertiary/aromatic N) is 1. The summed E-state index contributed by atoms with van der Waals surface area (Å²) in [5.41, 5.74) is 6.04. The first-order valence-corrected chi connectivity index (χ1v) is 7.16. The van der Waals surface area contributed by atoms with E-state index in [0.29, 0.717) is 5.69 Å². The lowest BCUT2D eigenvalue weighted by molar-refractivity contribution is -0.132. The van der Waals surface area contributed by atoms with E-state index in [0.717, 1.165) is 0 Å². The highest BCUT2D eigenvalue weighted by Gasteiger charge is 2.27. The van der Waals surface area contributed by atoms with E-state index in [1.165, 1.54) is 37.2 Å². The highest BCUT2D eigenvalue weighted by molar-refractivity contribution is 7.89. The van der Waals surface area contributed by atoms with Gasteiger partial charge in [0.15, 0.2) is 0 Å². The quantitative estimate of drug-likeness (QED) is 0.809. The molecule has 0 atom stereocenters. The van der Waals surface area contributed by atoms with Crippen LogP contribution >= 0.6 is 0 Å². The first-order valence-electron chi connectivity index (χ1n) is 5.68. The zero-order valence-corrected chi connectivity index (χ0v) is 11.8. The van der Waals surface area contributed by atoms with Crippen LogP contribution in [-0.4, -0.2) is 35.2 Å². The Hall–Kier alpha value is -1.48. The van der Waals surface area contributed by atoms with Crippen LogP contribution in [-0.2, 0) is 10.0 Å². The highest BCUT2D eigenvalue weighted by Crippen LogP contribution is 2.26. The highest BCUT2D eigenvalue weighted by atomic mass is 32.2. The van der Waals surface area contributed by atoms with E-state index in [1.807, 2.05) is 0 Å². The molecule has 9 heteroatoms. The lowest BCUT2D eigenvalue weighted by Gasteiger charge is -2.21. The largest absolute Gasteiger partial charge is 0.398 e. The maximum Gasteiger partial charge on any atom is 0.390 e. The Bertz CT molecular complexity index is 573. The summed E-state index contributed by atoms with van der Waals surface area (Å²) in [7, 11) is -0.953. The molecule has 0 spiro atoms. The number of nitrogen functional groups attached to an aromatic ring is 1. The average Bonchev–Trinajstić information content (AvgIpc) is 2.34. The van der Waals surface area contributed by atoms with Gasteiger partial charge >= 0.3 is 6.18 Å². The van der Waals surface area contributed by atoms with Gasteiger partial charge < -0.3 is 10.6 Å². The van der Waals surface area contributed by atoms with Crippen molar-refractivity contribution in [2.45, 2.75) is 17.5 Å². The third-order valence-corrected chi connectivity index (χ3v) is 4.21. The maximum atomic E-state index is 12.1. The van der Waals surface area contributed by atoms with Gasteiger partial charge in [-0.05, 0) is 25.2 Å². The lowest BCUT2D eigenvalue weighted by Crippen LogP contribution is -2.24. The maximum absolute atomic E-state index is 12.1. The van der Waals surface area contributed by atoms with Crippen LogP contribution in [0.5, 0.6) is 0 Å². The molecular formula is C11H16F3N3O2S. The van der Waals surface area contributed by atoms with Gasteiger partial charge in [0.05, 0.1) is 12.1 Å². The Morgan fingerprint density at radius 2 is 1.95 bits per heavy atom. The number of rotatable bonds is 5. The third-order valence-electron chi connectivity index (χ3n) is 2.72. The van der Waals surface area contributed by atoms with Gasteiger partial charge in [0.25, 0.3) is 0 Å². The summed E-state index contributed by atoms with van der Waals surface area (Å²) in [5, 5.41) is 0. The molecule has 1 aromatic carbocycles. The Labute approximate surface area is 115 Å². The molecule has 0 bridgehead atoms. The second-order valence-electron chi connectivity index (χ2n) is 4.22. The van der Waals surface area contributed by atoms with Crippen LogP contribution < -0.4 is 15.4 Å². The van der Waals surface area contributed by atoms with Crippen molar-refractivity contribution >= 4 is 21.4 Å². The fraction of sp³-hybridized carbons (Fsp3) is 0.455. The zero-order valence-electron chi connectivity index (χ0n) is 11.0. The molecule has 3 N–H and O–H groups in total. The SMILES string of the molecule is CNS(=O)(=O)c1ccc(N(C)CCC(F)(F)F)cc1N. The number of sulfonamides is 1. The molecule has 0 fully saturated rings. The van der Waals surface area contributed by atoms with Gasteiger partial charge in [-0.2, -0.15) is 13.2 Å². The van der Waals surface area contributed by atoms with Crippen LogP contribution in [0, 0.1) is 0 Å². The molecule has 0 radical (unpaired) electrons. The van der Waals surface area contributed by atoms with E-state index in [-0.39, 0.29) is 17.1 Å². The van der Waals surface area contributed by atoms with Crippen molar-refractivity contribution in [3.05, 3.63) is 18.2 Å². The van der Waals surface area contributed by atoms with Gasteiger partial charge in [0.2, 0.25) is 10.0 Å². The number of nitrogens with two attached hydrogens (primary N) is 1. The predicted octanol–water partition coefficient (Wildman–Crippen LogP) is 1.57. The van der Waals surface area contributed by atoms with Gasteiger partial charge in [0.1, 0.15) is 4.90 Å². The van der Waals surface area contributed by atoms with E-state index >= 15 is 0 Å². The third kappa shape index (κ3) is 4.27. The van der Waals surface area contributed by atoms with Crippen molar-refractivity contribution in [2.75, 3.05) is 31.3 Å². The Morgan fingerprint density at radius 1 is 1.35 bits per heavy atom. The van der Waals surface area contributed by atoms with Crippen LogP contribution in [0.15, 0.2) is 23.1 Å². The van der Waals surface area contributed by atoms with Crippen molar-refractivity contribution in [1.82, 2.24) is 4.72 Å². The molecule has 0 aliphatic carbocycles. The summed E-state index contributed by atoms with van der Waals surface area (Å²) in [6.07, 6.45) is -5.20. The summed E-state index contributed by atoms with van der Waals surface area (Å²) < 4.78 is 61.7. The monoisotopic (exact) mass is 311 g/mol. The van der Waals surface area contributed by atoms with E-state index in [4.69, 9.17) is 5.73 Å². The molecule has 0 unspecified atom stereocenters. The van der Waals surface area contributed by atoms with Crippen molar-refractivity contribution < 1.29 is 21.6 Å². The van der Waals surface area contributed by atoms with Crippen LogP contribution in [0.1, 0.15) is 6.42 Å². The zero-order chi connectivity index (χ0) is 15.6. The van der Waals surface area contributed by atoms with E-state index in [1.54, 1.807) is 0 Å². The molecule has 0 aromatic heterocycles. The fourth-order valence-electron chi connectivity index (χ4n) is 1.55. The van der Waals surface area contributed by atoms with Crippen LogP contribution in [0.25, 0.3) is 0 Å². The average molecular weight is 311 g/mol. The molecule has 0 aliphatic heterocycles. The molecule has 0 amide bonds. The second kappa shape index (κ2) is 5.88. The number of halogens is 3.